The molecule has 1 amide bonds. The standard InChI is InChI=1S/C14H24N2O2/c1-2-16(12-6-3-4-7-12)14(18)10-15-9-5-8-13(15)11-17/h6,13,17H,2-5,7-11H2,1H3. The number of aliphatic hydroxyl groups is 1. The Balaban J connectivity index is 1.93. The highest BCUT2D eigenvalue weighted by Gasteiger charge is 2.28. The van der Waals surface area contributed by atoms with Crippen LogP contribution in [-0.2, 0) is 4.79 Å². The Bertz CT molecular complexity index is 328. The average molecular weight is 252 g/mol. The van der Waals surface area contributed by atoms with Crippen LogP contribution in [0.4, 0.5) is 0 Å². The smallest absolute Gasteiger partial charge is 0.240 e. The van der Waals surface area contributed by atoms with E-state index in [0.717, 1.165) is 38.8 Å². The van der Waals surface area contributed by atoms with Gasteiger partial charge in [0.05, 0.1) is 13.2 Å². The van der Waals surface area contributed by atoms with Crippen molar-refractivity contribution < 1.29 is 9.90 Å². The first kappa shape index (κ1) is 13.6. The number of carbonyl (C=O) groups excluding carboxylic acids is 1. The molecule has 1 heterocycles. The van der Waals surface area contributed by atoms with E-state index in [4.69, 9.17) is 0 Å². The Morgan fingerprint density at radius 1 is 1.56 bits per heavy atom. The highest BCUT2D eigenvalue weighted by atomic mass is 16.3. The van der Waals surface area contributed by atoms with Gasteiger partial charge in [0.25, 0.3) is 0 Å². The first-order chi connectivity index (χ1) is 8.76. The molecule has 1 aliphatic carbocycles. The van der Waals surface area contributed by atoms with Crippen molar-refractivity contribution in [1.82, 2.24) is 9.80 Å². The number of hydrogen-bond donors (Lipinski definition) is 1. The van der Waals surface area contributed by atoms with Gasteiger partial charge in [-0.1, -0.05) is 6.08 Å². The fourth-order valence-corrected chi connectivity index (χ4v) is 3.01. The maximum Gasteiger partial charge on any atom is 0.240 e. The zero-order valence-electron chi connectivity index (χ0n) is 11.3. The molecule has 0 spiro atoms. The molecule has 2 aliphatic rings. The van der Waals surface area contributed by atoms with Gasteiger partial charge in [-0.15, -0.1) is 0 Å². The molecule has 102 valence electrons. The summed E-state index contributed by atoms with van der Waals surface area (Å²) in [5, 5.41) is 9.28. The Kier molecular flexibility index (Phi) is 4.78. The highest BCUT2D eigenvalue weighted by Crippen LogP contribution is 2.22. The second-order valence-electron chi connectivity index (χ2n) is 5.17. The number of rotatable bonds is 5. The van der Waals surface area contributed by atoms with E-state index < -0.39 is 0 Å². The summed E-state index contributed by atoms with van der Waals surface area (Å²) in [5.74, 6) is 0.186. The van der Waals surface area contributed by atoms with Crippen LogP contribution in [0.2, 0.25) is 0 Å². The largest absolute Gasteiger partial charge is 0.395 e. The molecule has 0 aromatic heterocycles. The van der Waals surface area contributed by atoms with Crippen LogP contribution in [0.1, 0.15) is 39.0 Å². The second kappa shape index (κ2) is 6.34. The molecule has 18 heavy (non-hydrogen) atoms. The lowest BCUT2D eigenvalue weighted by molar-refractivity contribution is -0.130. The van der Waals surface area contributed by atoms with E-state index in [9.17, 15) is 9.90 Å². The number of nitrogens with zero attached hydrogens (tertiary/aromatic N) is 2. The topological polar surface area (TPSA) is 43.8 Å². The molecular weight excluding hydrogens is 228 g/mol. The van der Waals surface area contributed by atoms with Crippen molar-refractivity contribution in [3.63, 3.8) is 0 Å². The SMILES string of the molecule is CCN(C(=O)CN1CCCC1CO)C1=CCCC1. The van der Waals surface area contributed by atoms with Gasteiger partial charge in [0.15, 0.2) is 0 Å². The van der Waals surface area contributed by atoms with Crippen LogP contribution in [0, 0.1) is 0 Å². The summed E-state index contributed by atoms with van der Waals surface area (Å²) in [6, 6.07) is 0.185. The normalized spacial score (nSPS) is 24.3. The van der Waals surface area contributed by atoms with Crippen LogP contribution < -0.4 is 0 Å². The predicted molar refractivity (Wildman–Crippen MR) is 71.0 cm³/mol. The summed E-state index contributed by atoms with van der Waals surface area (Å²) >= 11 is 0. The summed E-state index contributed by atoms with van der Waals surface area (Å²) in [6.07, 6.45) is 7.59. The molecule has 0 aromatic rings. The molecule has 1 saturated heterocycles. The lowest BCUT2D eigenvalue weighted by Crippen LogP contribution is -2.42. The van der Waals surface area contributed by atoms with Gasteiger partial charge >= 0.3 is 0 Å². The Hall–Kier alpha value is -0.870. The molecule has 0 aromatic carbocycles. The van der Waals surface area contributed by atoms with Crippen molar-refractivity contribution in [2.75, 3.05) is 26.2 Å². The molecule has 1 fully saturated rings. The molecule has 4 nitrogen and oxygen atoms in total. The Morgan fingerprint density at radius 3 is 3.00 bits per heavy atom. The summed E-state index contributed by atoms with van der Waals surface area (Å²) in [4.78, 5) is 16.4. The number of likely N-dealkylation sites (tertiary alicyclic amines) is 1. The number of amides is 1. The van der Waals surface area contributed by atoms with Crippen LogP contribution in [0.15, 0.2) is 11.8 Å². The van der Waals surface area contributed by atoms with Gasteiger partial charge in [0.1, 0.15) is 0 Å². The van der Waals surface area contributed by atoms with Gasteiger partial charge in [0, 0.05) is 18.3 Å². The fraction of sp³-hybridized carbons (Fsp3) is 0.786. The Labute approximate surface area is 109 Å². The average Bonchev–Trinajstić information content (AvgIpc) is 3.01. The van der Waals surface area contributed by atoms with E-state index in [2.05, 4.69) is 11.0 Å². The van der Waals surface area contributed by atoms with Gasteiger partial charge in [-0.25, -0.2) is 0 Å². The van der Waals surface area contributed by atoms with Crippen molar-refractivity contribution in [1.29, 1.82) is 0 Å². The molecule has 1 aliphatic heterocycles. The number of likely N-dealkylation sites (N-methyl/N-ethyl adjacent to an activating group) is 1. The molecule has 4 heteroatoms. The summed E-state index contributed by atoms with van der Waals surface area (Å²) in [5.41, 5.74) is 1.20. The lowest BCUT2D eigenvalue weighted by atomic mass is 10.2. The zero-order valence-corrected chi connectivity index (χ0v) is 11.3. The molecular formula is C14H24N2O2. The maximum absolute atomic E-state index is 12.3. The molecule has 2 rings (SSSR count). The molecule has 1 atom stereocenters. The van der Waals surface area contributed by atoms with Crippen molar-refractivity contribution in [2.24, 2.45) is 0 Å². The van der Waals surface area contributed by atoms with Gasteiger partial charge in [-0.3, -0.25) is 9.69 Å². The second-order valence-corrected chi connectivity index (χ2v) is 5.17. The number of hydrogen-bond acceptors (Lipinski definition) is 3. The molecule has 0 bridgehead atoms. The van der Waals surface area contributed by atoms with Crippen molar-refractivity contribution in [3.05, 3.63) is 11.8 Å². The van der Waals surface area contributed by atoms with Crippen molar-refractivity contribution in [2.45, 2.75) is 45.1 Å². The summed E-state index contributed by atoms with van der Waals surface area (Å²) < 4.78 is 0. The van der Waals surface area contributed by atoms with Gasteiger partial charge < -0.3 is 10.0 Å². The van der Waals surface area contributed by atoms with E-state index in [1.165, 1.54) is 12.1 Å². The number of aliphatic hydroxyl groups excluding tert-OH is 1. The monoisotopic (exact) mass is 252 g/mol. The van der Waals surface area contributed by atoms with E-state index in [-0.39, 0.29) is 18.6 Å². The first-order valence-electron chi connectivity index (χ1n) is 7.10. The minimum absolute atomic E-state index is 0.169. The number of allylic oxidation sites excluding steroid dienone is 2. The lowest BCUT2D eigenvalue weighted by Gasteiger charge is -2.27. The Morgan fingerprint density at radius 2 is 2.39 bits per heavy atom. The molecule has 1 N–H and O–H groups in total. The van der Waals surface area contributed by atoms with E-state index in [1.807, 2.05) is 11.8 Å². The first-order valence-corrected chi connectivity index (χ1v) is 7.10. The molecule has 0 radical (unpaired) electrons. The fourth-order valence-electron chi connectivity index (χ4n) is 3.01. The molecule has 0 saturated carbocycles. The van der Waals surface area contributed by atoms with Crippen LogP contribution in [0.3, 0.4) is 0 Å². The summed E-state index contributed by atoms with van der Waals surface area (Å²) in [7, 11) is 0. The van der Waals surface area contributed by atoms with Crippen LogP contribution in [-0.4, -0.2) is 53.1 Å². The van der Waals surface area contributed by atoms with Crippen molar-refractivity contribution in [3.8, 4) is 0 Å². The van der Waals surface area contributed by atoms with Crippen LogP contribution in [0.25, 0.3) is 0 Å². The van der Waals surface area contributed by atoms with Gasteiger partial charge in [0.2, 0.25) is 5.91 Å². The van der Waals surface area contributed by atoms with Gasteiger partial charge in [-0.2, -0.15) is 0 Å². The van der Waals surface area contributed by atoms with E-state index >= 15 is 0 Å². The highest BCUT2D eigenvalue weighted by molar-refractivity contribution is 5.80. The van der Waals surface area contributed by atoms with Crippen LogP contribution >= 0.6 is 0 Å². The number of carbonyl (C=O) groups is 1. The zero-order chi connectivity index (χ0) is 13.0. The third kappa shape index (κ3) is 2.93. The van der Waals surface area contributed by atoms with E-state index in [1.54, 1.807) is 0 Å². The van der Waals surface area contributed by atoms with Gasteiger partial charge in [-0.05, 0) is 45.6 Å². The predicted octanol–water partition coefficient (Wildman–Crippen LogP) is 1.36. The minimum atomic E-state index is 0.169. The third-order valence-electron chi connectivity index (χ3n) is 4.03. The maximum atomic E-state index is 12.3. The van der Waals surface area contributed by atoms with E-state index in [0.29, 0.717) is 6.54 Å². The quantitative estimate of drug-likeness (QED) is 0.803. The molecule has 1 unspecified atom stereocenters. The van der Waals surface area contributed by atoms with Crippen molar-refractivity contribution >= 4 is 5.91 Å². The van der Waals surface area contributed by atoms with Crippen LogP contribution in [0.5, 0.6) is 0 Å². The third-order valence-corrected chi connectivity index (χ3v) is 4.03. The summed E-state index contributed by atoms with van der Waals surface area (Å²) in [6.45, 7) is 4.35. The minimum Gasteiger partial charge on any atom is -0.395 e.